The molecule has 4 nitrogen and oxygen atoms in total. The predicted octanol–water partition coefficient (Wildman–Crippen LogP) is 0.981. The van der Waals surface area contributed by atoms with Gasteiger partial charge in [-0.3, -0.25) is 4.79 Å². The second-order valence-corrected chi connectivity index (χ2v) is 5.24. The molecule has 1 aliphatic rings. The van der Waals surface area contributed by atoms with E-state index in [0.717, 1.165) is 19.3 Å². The Balaban J connectivity index is 2.70. The van der Waals surface area contributed by atoms with Crippen molar-refractivity contribution < 1.29 is 9.90 Å². The minimum absolute atomic E-state index is 0.0317. The number of aliphatic hydroxyl groups excluding tert-OH is 1. The summed E-state index contributed by atoms with van der Waals surface area (Å²) in [4.78, 5) is 14.2. The third-order valence-electron chi connectivity index (χ3n) is 3.78. The molecule has 1 aliphatic carbocycles. The molecule has 0 aliphatic heterocycles. The summed E-state index contributed by atoms with van der Waals surface area (Å²) in [6, 6.07) is 0.148. The molecule has 1 fully saturated rings. The Morgan fingerprint density at radius 3 is 2.59 bits per heavy atom. The summed E-state index contributed by atoms with van der Waals surface area (Å²) < 4.78 is 0. The molecule has 1 saturated carbocycles. The second-order valence-electron chi connectivity index (χ2n) is 5.24. The molecule has 0 saturated heterocycles. The van der Waals surface area contributed by atoms with Gasteiger partial charge in [-0.15, -0.1) is 0 Å². The number of amides is 1. The number of carbonyl (C=O) groups is 1. The van der Waals surface area contributed by atoms with Crippen LogP contribution in [0, 0.1) is 11.8 Å². The van der Waals surface area contributed by atoms with E-state index in [1.165, 1.54) is 6.42 Å². The highest BCUT2D eigenvalue weighted by Gasteiger charge is 2.33. The number of nitrogens with zero attached hydrogens (tertiary/aromatic N) is 1. The Morgan fingerprint density at radius 2 is 2.06 bits per heavy atom. The number of hydrogen-bond acceptors (Lipinski definition) is 3. The van der Waals surface area contributed by atoms with Crippen molar-refractivity contribution in [1.29, 1.82) is 0 Å². The summed E-state index contributed by atoms with van der Waals surface area (Å²) in [5, 5.41) is 9.04. The number of carbonyl (C=O) groups excluding carboxylic acids is 1. The summed E-state index contributed by atoms with van der Waals surface area (Å²) >= 11 is 0. The minimum atomic E-state index is 0.0317. The van der Waals surface area contributed by atoms with E-state index in [4.69, 9.17) is 10.8 Å². The van der Waals surface area contributed by atoms with Crippen molar-refractivity contribution in [3.05, 3.63) is 0 Å². The van der Waals surface area contributed by atoms with E-state index < -0.39 is 0 Å². The SMILES string of the molecule is CC(C)N(CCO)C(=O)C1CCCCC1CN. The normalized spacial score (nSPS) is 25.0. The van der Waals surface area contributed by atoms with Crippen LogP contribution in [-0.2, 0) is 4.79 Å². The van der Waals surface area contributed by atoms with Gasteiger partial charge in [-0.25, -0.2) is 0 Å². The molecular weight excluding hydrogens is 216 g/mol. The molecule has 0 bridgehead atoms. The summed E-state index contributed by atoms with van der Waals surface area (Å²) in [6.07, 6.45) is 4.33. The molecule has 3 N–H and O–H groups in total. The van der Waals surface area contributed by atoms with E-state index in [0.29, 0.717) is 19.0 Å². The highest BCUT2D eigenvalue weighted by Crippen LogP contribution is 2.31. The fourth-order valence-electron chi connectivity index (χ4n) is 2.76. The van der Waals surface area contributed by atoms with Gasteiger partial charge in [0, 0.05) is 18.5 Å². The van der Waals surface area contributed by atoms with Crippen LogP contribution in [0.3, 0.4) is 0 Å². The summed E-state index contributed by atoms with van der Waals surface area (Å²) in [6.45, 7) is 5.05. The van der Waals surface area contributed by atoms with Gasteiger partial charge in [0.05, 0.1) is 6.61 Å². The number of hydrogen-bond donors (Lipinski definition) is 2. The van der Waals surface area contributed by atoms with Gasteiger partial charge in [0.15, 0.2) is 0 Å². The largest absolute Gasteiger partial charge is 0.395 e. The van der Waals surface area contributed by atoms with Crippen LogP contribution in [0.5, 0.6) is 0 Å². The van der Waals surface area contributed by atoms with E-state index in [-0.39, 0.29) is 24.5 Å². The van der Waals surface area contributed by atoms with E-state index in [1.54, 1.807) is 4.90 Å². The quantitative estimate of drug-likeness (QED) is 0.755. The van der Waals surface area contributed by atoms with Crippen molar-refractivity contribution in [2.75, 3.05) is 19.7 Å². The lowest BCUT2D eigenvalue weighted by atomic mass is 9.78. The van der Waals surface area contributed by atoms with E-state index in [9.17, 15) is 4.79 Å². The number of aliphatic hydroxyl groups is 1. The highest BCUT2D eigenvalue weighted by molar-refractivity contribution is 5.79. The van der Waals surface area contributed by atoms with Gasteiger partial charge in [0.25, 0.3) is 0 Å². The summed E-state index contributed by atoms with van der Waals surface area (Å²) in [5.41, 5.74) is 5.76. The Hall–Kier alpha value is -0.610. The minimum Gasteiger partial charge on any atom is -0.395 e. The van der Waals surface area contributed by atoms with Gasteiger partial charge < -0.3 is 15.7 Å². The van der Waals surface area contributed by atoms with Crippen LogP contribution >= 0.6 is 0 Å². The van der Waals surface area contributed by atoms with Gasteiger partial charge in [-0.1, -0.05) is 12.8 Å². The van der Waals surface area contributed by atoms with Crippen molar-refractivity contribution >= 4 is 5.91 Å². The zero-order chi connectivity index (χ0) is 12.8. The van der Waals surface area contributed by atoms with Gasteiger partial charge in [0.1, 0.15) is 0 Å². The zero-order valence-corrected chi connectivity index (χ0v) is 11.1. The van der Waals surface area contributed by atoms with Crippen LogP contribution in [0.1, 0.15) is 39.5 Å². The second kappa shape index (κ2) is 6.97. The molecule has 100 valence electrons. The van der Waals surface area contributed by atoms with E-state index in [1.807, 2.05) is 13.8 Å². The van der Waals surface area contributed by atoms with Crippen molar-refractivity contribution in [1.82, 2.24) is 4.90 Å². The van der Waals surface area contributed by atoms with E-state index >= 15 is 0 Å². The average Bonchev–Trinajstić information content (AvgIpc) is 2.34. The average molecular weight is 242 g/mol. The number of nitrogens with two attached hydrogens (primary N) is 1. The Morgan fingerprint density at radius 1 is 1.41 bits per heavy atom. The summed E-state index contributed by atoms with van der Waals surface area (Å²) in [7, 11) is 0. The van der Waals surface area contributed by atoms with Crippen LogP contribution in [-0.4, -0.2) is 41.7 Å². The fourth-order valence-corrected chi connectivity index (χ4v) is 2.76. The molecule has 0 radical (unpaired) electrons. The van der Waals surface area contributed by atoms with Gasteiger partial charge >= 0.3 is 0 Å². The number of rotatable bonds is 5. The Bertz CT molecular complexity index is 244. The van der Waals surface area contributed by atoms with Crippen LogP contribution in [0.25, 0.3) is 0 Å². The highest BCUT2D eigenvalue weighted by atomic mass is 16.3. The standard InChI is InChI=1S/C13H26N2O2/c1-10(2)15(7-8-16)13(17)12-6-4-3-5-11(12)9-14/h10-12,16H,3-9,14H2,1-2H3. The third-order valence-corrected chi connectivity index (χ3v) is 3.78. The topological polar surface area (TPSA) is 66.6 Å². The first-order valence-electron chi connectivity index (χ1n) is 6.73. The fraction of sp³-hybridized carbons (Fsp3) is 0.923. The molecule has 4 heteroatoms. The van der Waals surface area contributed by atoms with Crippen molar-refractivity contribution in [3.63, 3.8) is 0 Å². The van der Waals surface area contributed by atoms with Crippen molar-refractivity contribution in [2.24, 2.45) is 17.6 Å². The smallest absolute Gasteiger partial charge is 0.226 e. The lowest BCUT2D eigenvalue weighted by Gasteiger charge is -2.35. The molecule has 2 unspecified atom stereocenters. The first kappa shape index (κ1) is 14.5. The maximum absolute atomic E-state index is 12.5. The summed E-state index contributed by atoms with van der Waals surface area (Å²) in [5.74, 6) is 0.586. The zero-order valence-electron chi connectivity index (χ0n) is 11.1. The van der Waals surface area contributed by atoms with Crippen LogP contribution in [0.2, 0.25) is 0 Å². The van der Waals surface area contributed by atoms with Gasteiger partial charge in [0.2, 0.25) is 5.91 Å². The first-order chi connectivity index (χ1) is 8.11. The lowest BCUT2D eigenvalue weighted by Crippen LogP contribution is -2.46. The molecule has 1 amide bonds. The van der Waals surface area contributed by atoms with Crippen molar-refractivity contribution in [3.8, 4) is 0 Å². The molecular formula is C13H26N2O2. The van der Waals surface area contributed by atoms with Gasteiger partial charge in [-0.05, 0) is 39.2 Å². The van der Waals surface area contributed by atoms with Gasteiger partial charge in [-0.2, -0.15) is 0 Å². The molecule has 2 atom stereocenters. The van der Waals surface area contributed by atoms with Crippen LogP contribution < -0.4 is 5.73 Å². The predicted molar refractivity (Wildman–Crippen MR) is 68.4 cm³/mol. The maximum atomic E-state index is 12.5. The molecule has 0 heterocycles. The molecule has 17 heavy (non-hydrogen) atoms. The molecule has 0 spiro atoms. The third kappa shape index (κ3) is 3.68. The Kier molecular flexibility index (Phi) is 5.92. The Labute approximate surface area is 104 Å². The van der Waals surface area contributed by atoms with Crippen molar-refractivity contribution in [2.45, 2.75) is 45.6 Å². The lowest BCUT2D eigenvalue weighted by molar-refractivity contribution is -0.140. The monoisotopic (exact) mass is 242 g/mol. The maximum Gasteiger partial charge on any atom is 0.226 e. The molecule has 0 aromatic rings. The van der Waals surface area contributed by atoms with E-state index in [2.05, 4.69) is 0 Å². The molecule has 1 rings (SSSR count). The molecule has 0 aromatic carbocycles. The van der Waals surface area contributed by atoms with Crippen LogP contribution in [0.15, 0.2) is 0 Å². The van der Waals surface area contributed by atoms with Crippen LogP contribution in [0.4, 0.5) is 0 Å². The first-order valence-corrected chi connectivity index (χ1v) is 6.73. The molecule has 0 aromatic heterocycles.